The van der Waals surface area contributed by atoms with E-state index in [1.807, 2.05) is 31.2 Å². The molecule has 0 aliphatic rings. The Balaban J connectivity index is 0.000000221. The van der Waals surface area contributed by atoms with Crippen molar-refractivity contribution in [1.29, 1.82) is 0 Å². The molecule has 0 aliphatic heterocycles. The number of carbonyl (C=O) groups is 2. The summed E-state index contributed by atoms with van der Waals surface area (Å²) in [5, 5.41) is 19.8. The molecule has 0 amide bonds. The van der Waals surface area contributed by atoms with E-state index in [4.69, 9.17) is 0 Å². The Labute approximate surface area is 212 Å². The number of carbonyl (C=O) groups excluding carboxylic acids is 2. The molecular weight excluding hydrogens is 452 g/mol. The van der Waals surface area contributed by atoms with E-state index in [9.17, 15) is 19.8 Å². The smallest absolute Gasteiger partial charge is 0.195 e. The van der Waals surface area contributed by atoms with Crippen LogP contribution in [0.4, 0.5) is 0 Å². The molecule has 5 heteroatoms. The molecule has 4 aromatic rings. The minimum absolute atomic E-state index is 0.271. The maximum absolute atomic E-state index is 11.9. The van der Waals surface area contributed by atoms with Crippen molar-refractivity contribution >= 4 is 11.6 Å². The Bertz CT molecular complexity index is 1050. The molecular formula is C31H32O5. The van der Waals surface area contributed by atoms with Gasteiger partial charge in [-0.3, -0.25) is 9.59 Å². The van der Waals surface area contributed by atoms with Gasteiger partial charge in [-0.05, 0) is 18.1 Å². The fourth-order valence-corrected chi connectivity index (χ4v) is 3.09. The molecule has 186 valence electrons. The Morgan fingerprint density at radius 2 is 0.833 bits per heavy atom. The average Bonchev–Trinajstić information content (AvgIpc) is 2.98. The van der Waals surface area contributed by atoms with E-state index in [1.54, 1.807) is 104 Å². The predicted molar refractivity (Wildman–Crippen MR) is 142 cm³/mol. The molecule has 0 saturated heterocycles. The van der Waals surface area contributed by atoms with E-state index in [0.717, 1.165) is 6.61 Å². The fourth-order valence-electron chi connectivity index (χ4n) is 3.09. The van der Waals surface area contributed by atoms with Gasteiger partial charge in [0.2, 0.25) is 0 Å². The van der Waals surface area contributed by atoms with Gasteiger partial charge in [-0.25, -0.2) is 0 Å². The van der Waals surface area contributed by atoms with Gasteiger partial charge in [0, 0.05) is 24.8 Å². The Kier molecular flexibility index (Phi) is 12.5. The lowest BCUT2D eigenvalue weighted by Gasteiger charge is -2.09. The standard InChI is InChI=1S/2C14H12O2.C3H8O/c2*15-13(11-7-3-1-4-8-11)14(16)12-9-5-2-6-10-12;1-3-4-2/h2*1-10,13,15H;3H2,1-2H3. The molecule has 0 fully saturated rings. The van der Waals surface area contributed by atoms with Gasteiger partial charge < -0.3 is 14.9 Å². The van der Waals surface area contributed by atoms with Crippen molar-refractivity contribution in [3.8, 4) is 0 Å². The second-order valence-electron chi connectivity index (χ2n) is 7.66. The summed E-state index contributed by atoms with van der Waals surface area (Å²) in [6.07, 6.45) is -2.16. The third-order valence-electron chi connectivity index (χ3n) is 5.13. The minimum atomic E-state index is -1.08. The molecule has 0 aromatic heterocycles. The molecule has 0 radical (unpaired) electrons. The fraction of sp³-hybridized carbons (Fsp3) is 0.161. The van der Waals surface area contributed by atoms with Crippen molar-refractivity contribution in [3.05, 3.63) is 144 Å². The number of aliphatic hydroxyl groups excluding tert-OH is 2. The normalized spacial score (nSPS) is 11.6. The van der Waals surface area contributed by atoms with E-state index in [-0.39, 0.29) is 11.6 Å². The molecule has 2 N–H and O–H groups in total. The van der Waals surface area contributed by atoms with Crippen LogP contribution >= 0.6 is 0 Å². The highest BCUT2D eigenvalue weighted by atomic mass is 16.5. The van der Waals surface area contributed by atoms with Crippen LogP contribution in [0.2, 0.25) is 0 Å². The van der Waals surface area contributed by atoms with Crippen molar-refractivity contribution in [2.75, 3.05) is 13.7 Å². The number of rotatable bonds is 7. The van der Waals surface area contributed by atoms with Crippen LogP contribution in [0.3, 0.4) is 0 Å². The Morgan fingerprint density at radius 3 is 1.08 bits per heavy atom. The van der Waals surface area contributed by atoms with Crippen LogP contribution in [0.5, 0.6) is 0 Å². The summed E-state index contributed by atoms with van der Waals surface area (Å²) in [4.78, 5) is 23.8. The van der Waals surface area contributed by atoms with Crippen molar-refractivity contribution in [2.24, 2.45) is 0 Å². The highest BCUT2D eigenvalue weighted by Gasteiger charge is 2.19. The minimum Gasteiger partial charge on any atom is -0.385 e. The molecule has 0 heterocycles. The van der Waals surface area contributed by atoms with Crippen molar-refractivity contribution in [2.45, 2.75) is 19.1 Å². The first kappa shape index (κ1) is 28.3. The number of ether oxygens (including phenoxy) is 1. The van der Waals surface area contributed by atoms with Gasteiger partial charge in [-0.15, -0.1) is 0 Å². The van der Waals surface area contributed by atoms with Crippen molar-refractivity contribution in [3.63, 3.8) is 0 Å². The molecule has 36 heavy (non-hydrogen) atoms. The second-order valence-corrected chi connectivity index (χ2v) is 7.66. The lowest BCUT2D eigenvalue weighted by molar-refractivity contribution is 0.0743. The summed E-state index contributed by atoms with van der Waals surface area (Å²) < 4.78 is 4.54. The highest BCUT2D eigenvalue weighted by molar-refractivity contribution is 6.00. The van der Waals surface area contributed by atoms with Crippen LogP contribution in [0.25, 0.3) is 0 Å². The summed E-state index contributed by atoms with van der Waals surface area (Å²) in [6, 6.07) is 35.5. The van der Waals surface area contributed by atoms with Crippen LogP contribution in [0, 0.1) is 0 Å². The first-order valence-corrected chi connectivity index (χ1v) is 11.6. The quantitative estimate of drug-likeness (QED) is 0.321. The monoisotopic (exact) mass is 484 g/mol. The topological polar surface area (TPSA) is 83.8 Å². The van der Waals surface area contributed by atoms with E-state index in [1.165, 1.54) is 0 Å². The molecule has 4 rings (SSSR count). The number of hydrogen-bond acceptors (Lipinski definition) is 5. The van der Waals surface area contributed by atoms with Gasteiger partial charge in [0.05, 0.1) is 0 Å². The lowest BCUT2D eigenvalue weighted by Crippen LogP contribution is -2.11. The van der Waals surface area contributed by atoms with Crippen LogP contribution < -0.4 is 0 Å². The predicted octanol–water partition coefficient (Wildman–Crippen LogP) is 5.86. The zero-order chi connectivity index (χ0) is 26.2. The number of hydrogen-bond donors (Lipinski definition) is 2. The lowest BCUT2D eigenvalue weighted by atomic mass is 10.0. The van der Waals surface area contributed by atoms with Crippen molar-refractivity contribution < 1.29 is 24.5 Å². The van der Waals surface area contributed by atoms with Gasteiger partial charge in [-0.2, -0.15) is 0 Å². The molecule has 2 unspecified atom stereocenters. The number of ketones is 2. The summed E-state index contributed by atoms with van der Waals surface area (Å²) in [5.74, 6) is -0.543. The molecule has 0 saturated carbocycles. The first-order chi connectivity index (χ1) is 17.5. The molecule has 0 bridgehead atoms. The van der Waals surface area contributed by atoms with E-state index in [0.29, 0.717) is 22.3 Å². The first-order valence-electron chi connectivity index (χ1n) is 11.6. The Hall–Kier alpha value is -3.90. The molecule has 0 spiro atoms. The maximum atomic E-state index is 11.9. The largest absolute Gasteiger partial charge is 0.385 e. The van der Waals surface area contributed by atoms with Crippen LogP contribution in [-0.4, -0.2) is 35.5 Å². The summed E-state index contributed by atoms with van der Waals surface area (Å²) in [5.41, 5.74) is 2.30. The molecule has 5 nitrogen and oxygen atoms in total. The highest BCUT2D eigenvalue weighted by Crippen LogP contribution is 2.18. The number of benzene rings is 4. The van der Waals surface area contributed by atoms with Gasteiger partial charge in [0.25, 0.3) is 0 Å². The SMILES string of the molecule is CCOC.O=C(c1ccccc1)C(O)c1ccccc1.O=C(c1ccccc1)C(O)c1ccccc1. The third kappa shape index (κ3) is 9.04. The third-order valence-corrected chi connectivity index (χ3v) is 5.13. The van der Waals surface area contributed by atoms with Gasteiger partial charge >= 0.3 is 0 Å². The molecule has 2 atom stereocenters. The van der Waals surface area contributed by atoms with Crippen molar-refractivity contribution in [1.82, 2.24) is 0 Å². The number of Topliss-reactive ketones (excluding diaryl/α,β-unsaturated/α-hetero) is 2. The zero-order valence-corrected chi connectivity index (χ0v) is 20.5. The molecule has 0 aliphatic carbocycles. The van der Waals surface area contributed by atoms with Crippen LogP contribution in [0.1, 0.15) is 51.0 Å². The summed E-state index contributed by atoms with van der Waals surface area (Å²) in [6.45, 7) is 2.78. The second kappa shape index (κ2) is 15.9. The zero-order valence-electron chi connectivity index (χ0n) is 20.5. The molecule has 4 aromatic carbocycles. The van der Waals surface area contributed by atoms with E-state index < -0.39 is 12.2 Å². The number of aliphatic hydroxyl groups is 2. The van der Waals surface area contributed by atoms with E-state index in [2.05, 4.69) is 4.74 Å². The Morgan fingerprint density at radius 1 is 0.583 bits per heavy atom. The summed E-state index contributed by atoms with van der Waals surface area (Å²) >= 11 is 0. The van der Waals surface area contributed by atoms with Gasteiger partial charge in [-0.1, -0.05) is 121 Å². The van der Waals surface area contributed by atoms with Crippen LogP contribution in [0.15, 0.2) is 121 Å². The maximum Gasteiger partial charge on any atom is 0.195 e. The van der Waals surface area contributed by atoms with E-state index >= 15 is 0 Å². The number of methoxy groups -OCH3 is 1. The van der Waals surface area contributed by atoms with Crippen LogP contribution in [-0.2, 0) is 4.74 Å². The average molecular weight is 485 g/mol. The van der Waals surface area contributed by atoms with Gasteiger partial charge in [0.15, 0.2) is 11.6 Å². The summed E-state index contributed by atoms with van der Waals surface area (Å²) in [7, 11) is 1.68. The van der Waals surface area contributed by atoms with Gasteiger partial charge in [0.1, 0.15) is 12.2 Å².